The van der Waals surface area contributed by atoms with Crippen molar-refractivity contribution in [2.45, 2.75) is 52.7 Å². The number of β-lactam (4-membered cyclic amide) rings is 1. The predicted octanol–water partition coefficient (Wildman–Crippen LogP) is 3.21. The van der Waals surface area contributed by atoms with Crippen LogP contribution in [0.5, 0.6) is 0 Å². The SMILES string of the molecule is C[SiH](C)OC[C@H]([C@@H]1C(=O)N[C@@H]1[C@H]1CCc2ccccc2C1=O)C(C)(C)C. The number of rotatable bonds is 5. The van der Waals surface area contributed by atoms with Gasteiger partial charge in [-0.3, -0.25) is 9.59 Å². The number of hydrogen-bond donors (Lipinski definition) is 1. The lowest BCUT2D eigenvalue weighted by Gasteiger charge is -2.49. The minimum atomic E-state index is -1.16. The first-order valence-corrected chi connectivity index (χ1v) is 12.5. The summed E-state index contributed by atoms with van der Waals surface area (Å²) in [5.74, 6) is 0.140. The summed E-state index contributed by atoms with van der Waals surface area (Å²) >= 11 is 0. The van der Waals surface area contributed by atoms with Crippen LogP contribution in [0.1, 0.15) is 43.1 Å². The van der Waals surface area contributed by atoms with Crippen LogP contribution in [0.25, 0.3) is 0 Å². The van der Waals surface area contributed by atoms with Gasteiger partial charge in [0.25, 0.3) is 0 Å². The first kappa shape index (κ1) is 19.3. The minimum absolute atomic E-state index is 0.0421. The van der Waals surface area contributed by atoms with Crippen LogP contribution in [-0.4, -0.2) is 33.4 Å². The second-order valence-corrected chi connectivity index (χ2v) is 11.5. The third-order valence-corrected chi connectivity index (χ3v) is 6.79. The number of ketones is 1. The highest BCUT2D eigenvalue weighted by molar-refractivity contribution is 6.48. The van der Waals surface area contributed by atoms with Crippen molar-refractivity contribution >= 4 is 20.7 Å². The average molecular weight is 374 g/mol. The standard InChI is InChI=1S/C21H31NO3Si/c1-21(2,3)16(12-25-26(4)5)17-18(22-20(17)24)15-11-10-13-8-6-7-9-14(13)19(15)23/h6-9,15-18,26H,10-12H2,1-5H3,(H,22,24)/t15-,16-,17+,18-/m1/s1. The Hall–Kier alpha value is -1.46. The Balaban J connectivity index is 1.82. The molecule has 142 valence electrons. The van der Waals surface area contributed by atoms with Gasteiger partial charge in [-0.15, -0.1) is 0 Å². The minimum Gasteiger partial charge on any atom is -0.420 e. The molecule has 4 nitrogen and oxygen atoms in total. The molecule has 1 fully saturated rings. The van der Waals surface area contributed by atoms with Gasteiger partial charge in [0, 0.05) is 18.1 Å². The molecule has 5 heteroatoms. The molecule has 26 heavy (non-hydrogen) atoms. The first-order valence-electron chi connectivity index (χ1n) is 9.74. The summed E-state index contributed by atoms with van der Waals surface area (Å²) in [6.45, 7) is 11.4. The molecule has 3 rings (SSSR count). The number of benzene rings is 1. The molecule has 1 N–H and O–H groups in total. The van der Waals surface area contributed by atoms with Gasteiger partial charge in [-0.25, -0.2) is 0 Å². The maximum atomic E-state index is 13.1. The van der Waals surface area contributed by atoms with Crippen molar-refractivity contribution in [1.82, 2.24) is 5.32 Å². The van der Waals surface area contributed by atoms with Crippen molar-refractivity contribution in [3.63, 3.8) is 0 Å². The molecule has 0 aromatic heterocycles. The molecule has 0 bridgehead atoms. The Morgan fingerprint density at radius 3 is 2.54 bits per heavy atom. The zero-order chi connectivity index (χ0) is 19.1. The van der Waals surface area contributed by atoms with Crippen molar-refractivity contribution in [3.8, 4) is 0 Å². The molecule has 1 aliphatic heterocycles. The molecule has 0 radical (unpaired) electrons. The molecule has 1 aromatic carbocycles. The highest BCUT2D eigenvalue weighted by Crippen LogP contribution is 2.42. The van der Waals surface area contributed by atoms with Gasteiger partial charge >= 0.3 is 0 Å². The molecule has 1 aromatic rings. The zero-order valence-corrected chi connectivity index (χ0v) is 17.7. The molecule has 1 saturated heterocycles. The lowest BCUT2D eigenvalue weighted by atomic mass is 9.62. The third kappa shape index (κ3) is 3.65. The largest absolute Gasteiger partial charge is 0.420 e. The Morgan fingerprint density at radius 2 is 1.92 bits per heavy atom. The van der Waals surface area contributed by atoms with Gasteiger partial charge in [-0.05, 0) is 42.8 Å². The van der Waals surface area contributed by atoms with E-state index in [-0.39, 0.29) is 40.9 Å². The molecule has 4 atom stereocenters. The van der Waals surface area contributed by atoms with Crippen LogP contribution in [-0.2, 0) is 15.6 Å². The third-order valence-electron chi connectivity index (χ3n) is 5.93. The summed E-state index contributed by atoms with van der Waals surface area (Å²) in [5, 5.41) is 3.06. The molecule has 0 unspecified atom stereocenters. The van der Waals surface area contributed by atoms with E-state index >= 15 is 0 Å². The molecule has 1 amide bonds. The molecule has 2 aliphatic rings. The first-order chi connectivity index (χ1) is 12.2. The zero-order valence-electron chi connectivity index (χ0n) is 16.5. The number of amides is 1. The van der Waals surface area contributed by atoms with Crippen molar-refractivity contribution < 1.29 is 14.0 Å². The molecule has 0 spiro atoms. The summed E-state index contributed by atoms with van der Waals surface area (Å²) in [6, 6.07) is 7.82. The van der Waals surface area contributed by atoms with E-state index in [9.17, 15) is 9.59 Å². The van der Waals surface area contributed by atoms with Gasteiger partial charge in [-0.2, -0.15) is 0 Å². The van der Waals surface area contributed by atoms with E-state index in [4.69, 9.17) is 4.43 Å². The Kier molecular flexibility index (Phi) is 5.40. The maximum absolute atomic E-state index is 13.1. The van der Waals surface area contributed by atoms with Gasteiger partial charge in [0.2, 0.25) is 5.91 Å². The van der Waals surface area contributed by atoms with Crippen molar-refractivity contribution in [1.29, 1.82) is 0 Å². The second kappa shape index (κ2) is 7.28. The molecule has 0 saturated carbocycles. The number of Topliss-reactive ketones (excluding diaryl/α,β-unsaturated/α-hetero) is 1. The van der Waals surface area contributed by atoms with Crippen molar-refractivity contribution in [2.24, 2.45) is 23.2 Å². The smallest absolute Gasteiger partial charge is 0.225 e. The number of aryl methyl sites for hydroxylation is 1. The van der Waals surface area contributed by atoms with Crippen LogP contribution in [0.4, 0.5) is 0 Å². The molecular weight excluding hydrogens is 342 g/mol. The number of carbonyl (C=O) groups excluding carboxylic acids is 2. The van der Waals surface area contributed by atoms with Crippen LogP contribution < -0.4 is 5.32 Å². The second-order valence-electron chi connectivity index (χ2n) is 9.08. The monoisotopic (exact) mass is 373 g/mol. The summed E-state index contributed by atoms with van der Waals surface area (Å²) in [5.41, 5.74) is 1.93. The van der Waals surface area contributed by atoms with Crippen LogP contribution in [0.15, 0.2) is 24.3 Å². The van der Waals surface area contributed by atoms with E-state index in [0.29, 0.717) is 6.61 Å². The van der Waals surface area contributed by atoms with Crippen LogP contribution in [0.2, 0.25) is 13.1 Å². The number of nitrogens with one attached hydrogen (secondary N) is 1. The van der Waals surface area contributed by atoms with E-state index in [1.54, 1.807) is 0 Å². The lowest BCUT2D eigenvalue weighted by Crippen LogP contribution is -2.67. The number of hydrogen-bond acceptors (Lipinski definition) is 3. The van der Waals surface area contributed by atoms with Gasteiger partial charge in [-0.1, -0.05) is 45.0 Å². The van der Waals surface area contributed by atoms with Gasteiger partial charge in [0.05, 0.1) is 12.0 Å². The highest BCUT2D eigenvalue weighted by Gasteiger charge is 2.53. The van der Waals surface area contributed by atoms with E-state index in [2.05, 4.69) is 39.2 Å². The van der Waals surface area contributed by atoms with Gasteiger partial charge < -0.3 is 9.74 Å². The maximum Gasteiger partial charge on any atom is 0.225 e. The topological polar surface area (TPSA) is 55.4 Å². The van der Waals surface area contributed by atoms with E-state index in [1.165, 1.54) is 0 Å². The normalized spacial score (nSPS) is 26.9. The van der Waals surface area contributed by atoms with Crippen molar-refractivity contribution in [3.05, 3.63) is 35.4 Å². The van der Waals surface area contributed by atoms with Crippen LogP contribution in [0.3, 0.4) is 0 Å². The van der Waals surface area contributed by atoms with Crippen LogP contribution in [0, 0.1) is 23.2 Å². The highest BCUT2D eigenvalue weighted by atomic mass is 28.3. The Bertz CT molecular complexity index is 695. The fraction of sp³-hybridized carbons (Fsp3) is 0.619. The summed E-state index contributed by atoms with van der Waals surface area (Å²) in [4.78, 5) is 25.6. The van der Waals surface area contributed by atoms with E-state index in [0.717, 1.165) is 24.0 Å². The predicted molar refractivity (Wildman–Crippen MR) is 106 cm³/mol. The Labute approximate surface area is 158 Å². The Morgan fingerprint density at radius 1 is 1.23 bits per heavy atom. The van der Waals surface area contributed by atoms with Crippen LogP contribution >= 0.6 is 0 Å². The molecule has 1 aliphatic carbocycles. The lowest BCUT2D eigenvalue weighted by molar-refractivity contribution is -0.143. The van der Waals surface area contributed by atoms with E-state index < -0.39 is 9.04 Å². The molecular formula is C21H31NO3Si. The average Bonchev–Trinajstić information content (AvgIpc) is 2.56. The quantitative estimate of drug-likeness (QED) is 0.637. The summed E-state index contributed by atoms with van der Waals surface area (Å²) < 4.78 is 6.03. The van der Waals surface area contributed by atoms with E-state index in [1.807, 2.05) is 24.3 Å². The van der Waals surface area contributed by atoms with Gasteiger partial charge in [0.15, 0.2) is 14.8 Å². The van der Waals surface area contributed by atoms with Crippen molar-refractivity contribution in [2.75, 3.05) is 6.61 Å². The number of fused-ring (bicyclic) bond motifs is 1. The summed E-state index contributed by atoms with van der Waals surface area (Å²) in [6.07, 6.45) is 1.72. The fourth-order valence-electron chi connectivity index (χ4n) is 4.35. The molecule has 1 heterocycles. The van der Waals surface area contributed by atoms with Gasteiger partial charge in [0.1, 0.15) is 0 Å². The fourth-order valence-corrected chi connectivity index (χ4v) is 4.94. The summed E-state index contributed by atoms with van der Waals surface area (Å²) in [7, 11) is -1.16. The number of carbonyl (C=O) groups is 2.